The highest BCUT2D eigenvalue weighted by Gasteiger charge is 2.44. The van der Waals surface area contributed by atoms with Gasteiger partial charge in [-0.05, 0) is 123 Å². The molecule has 0 fully saturated rings. The molecule has 1 aliphatic carbocycles. The molecule has 1 aliphatic rings. The van der Waals surface area contributed by atoms with Crippen LogP contribution in [0.25, 0.3) is 0 Å². The fourth-order valence-corrected chi connectivity index (χ4v) is 4.89. The summed E-state index contributed by atoms with van der Waals surface area (Å²) in [5, 5.41) is 0. The molecule has 1 rings (SSSR count). The molecular weight excluding hydrogens is 376 g/mol. The van der Waals surface area contributed by atoms with E-state index in [4.69, 9.17) is 0 Å². The largest absolute Gasteiger partial charge is 0.294 e. The van der Waals surface area contributed by atoms with Crippen LogP contribution in [0.3, 0.4) is 0 Å². The van der Waals surface area contributed by atoms with Crippen molar-refractivity contribution in [2.75, 3.05) is 0 Å². The van der Waals surface area contributed by atoms with Crippen LogP contribution in [0, 0.1) is 17.3 Å². The summed E-state index contributed by atoms with van der Waals surface area (Å²) in [6, 6.07) is 0. The molecule has 1 heteroatoms. The zero-order valence-electron chi connectivity index (χ0n) is 21.9. The Balaban J connectivity index is 2.82. The summed E-state index contributed by atoms with van der Waals surface area (Å²) in [4.78, 5) is 13.7. The van der Waals surface area contributed by atoms with Crippen LogP contribution in [0.15, 0.2) is 46.6 Å². The van der Waals surface area contributed by atoms with Crippen molar-refractivity contribution < 1.29 is 4.79 Å². The molecule has 0 aromatic rings. The Morgan fingerprint density at radius 2 is 1.39 bits per heavy atom. The van der Waals surface area contributed by atoms with Crippen LogP contribution < -0.4 is 0 Å². The molecule has 0 radical (unpaired) electrons. The summed E-state index contributed by atoms with van der Waals surface area (Å²) in [7, 11) is 0. The molecular formula is C30H50O. The molecule has 0 bridgehead atoms. The van der Waals surface area contributed by atoms with Crippen LogP contribution >= 0.6 is 0 Å². The maximum absolute atomic E-state index is 13.7. The summed E-state index contributed by atoms with van der Waals surface area (Å²) in [5.41, 5.74) is 5.12. The summed E-state index contributed by atoms with van der Waals surface area (Å²) in [6.45, 7) is 17.7. The second-order valence-corrected chi connectivity index (χ2v) is 10.8. The van der Waals surface area contributed by atoms with Gasteiger partial charge in [-0.15, -0.1) is 0 Å². The minimum absolute atomic E-state index is 0.142. The Kier molecular flexibility index (Phi) is 12.4. The second kappa shape index (κ2) is 13.9. The standard InChI is InChI=1S/C30H50O/c1-9-10-17-28-27(8)22-30(29(28)31,20-18-25(6)15-11-13-23(2)3)21-19-26(7)16-12-14-24(4)5/h9-10,13-14,25-26H,11-12,15-22H2,1-8H3/b10-9-. The lowest BCUT2D eigenvalue weighted by atomic mass is 9.71. The van der Waals surface area contributed by atoms with Gasteiger partial charge in [-0.3, -0.25) is 4.79 Å². The van der Waals surface area contributed by atoms with Gasteiger partial charge in [0.15, 0.2) is 5.78 Å². The van der Waals surface area contributed by atoms with Gasteiger partial charge >= 0.3 is 0 Å². The number of hydrogen-bond donors (Lipinski definition) is 0. The van der Waals surface area contributed by atoms with E-state index in [1.54, 1.807) is 0 Å². The molecule has 176 valence electrons. The number of hydrogen-bond acceptors (Lipinski definition) is 1. The van der Waals surface area contributed by atoms with Crippen molar-refractivity contribution in [3.63, 3.8) is 0 Å². The first-order valence-corrected chi connectivity index (χ1v) is 12.7. The van der Waals surface area contributed by atoms with Gasteiger partial charge < -0.3 is 0 Å². The molecule has 0 saturated carbocycles. The fourth-order valence-electron chi connectivity index (χ4n) is 4.89. The highest BCUT2D eigenvalue weighted by atomic mass is 16.1. The fraction of sp³-hybridized carbons (Fsp3) is 0.700. The normalized spacial score (nSPS) is 21.0. The van der Waals surface area contributed by atoms with Gasteiger partial charge in [0, 0.05) is 5.41 Å². The molecule has 0 aromatic carbocycles. The number of carbonyl (C=O) groups excluding carboxylic acids is 1. The van der Waals surface area contributed by atoms with Crippen molar-refractivity contribution in [1.29, 1.82) is 0 Å². The monoisotopic (exact) mass is 426 g/mol. The Hall–Kier alpha value is -1.37. The first-order chi connectivity index (χ1) is 14.6. The Morgan fingerprint density at radius 1 is 0.903 bits per heavy atom. The van der Waals surface area contributed by atoms with Crippen molar-refractivity contribution >= 4 is 5.78 Å². The van der Waals surface area contributed by atoms with E-state index in [9.17, 15) is 4.79 Å². The maximum atomic E-state index is 13.7. The molecule has 0 N–H and O–H groups in total. The number of rotatable bonds is 14. The molecule has 2 atom stereocenters. The first kappa shape index (κ1) is 27.7. The highest BCUT2D eigenvalue weighted by Crippen LogP contribution is 2.48. The van der Waals surface area contributed by atoms with Crippen LogP contribution in [-0.4, -0.2) is 5.78 Å². The molecule has 31 heavy (non-hydrogen) atoms. The molecule has 0 saturated heterocycles. The van der Waals surface area contributed by atoms with Gasteiger partial charge in [-0.2, -0.15) is 0 Å². The summed E-state index contributed by atoms with van der Waals surface area (Å²) < 4.78 is 0. The zero-order valence-corrected chi connectivity index (χ0v) is 21.9. The lowest BCUT2D eigenvalue weighted by molar-refractivity contribution is -0.124. The zero-order chi connectivity index (χ0) is 23.4. The van der Waals surface area contributed by atoms with E-state index in [1.807, 2.05) is 6.92 Å². The highest BCUT2D eigenvalue weighted by molar-refractivity contribution is 6.03. The van der Waals surface area contributed by atoms with E-state index < -0.39 is 0 Å². The third-order valence-corrected chi connectivity index (χ3v) is 7.09. The van der Waals surface area contributed by atoms with Crippen LogP contribution in [0.1, 0.15) is 120 Å². The molecule has 0 amide bonds. The molecule has 0 spiro atoms. The number of Topliss-reactive ketones (excluding diaryl/α,β-unsaturated/α-hetero) is 1. The van der Waals surface area contributed by atoms with E-state index in [-0.39, 0.29) is 5.41 Å². The first-order valence-electron chi connectivity index (χ1n) is 12.7. The number of ketones is 1. The molecule has 0 heterocycles. The van der Waals surface area contributed by atoms with Gasteiger partial charge in [0.05, 0.1) is 0 Å². The molecule has 0 aliphatic heterocycles. The molecule has 1 nitrogen and oxygen atoms in total. The van der Waals surface area contributed by atoms with Crippen molar-refractivity contribution in [3.8, 4) is 0 Å². The third-order valence-electron chi connectivity index (χ3n) is 7.09. The van der Waals surface area contributed by atoms with Gasteiger partial charge in [0.1, 0.15) is 0 Å². The van der Waals surface area contributed by atoms with Crippen LogP contribution in [-0.2, 0) is 4.79 Å². The maximum Gasteiger partial charge on any atom is 0.165 e. The summed E-state index contributed by atoms with van der Waals surface area (Å²) in [6.07, 6.45) is 19.9. The minimum Gasteiger partial charge on any atom is -0.294 e. The minimum atomic E-state index is -0.142. The second-order valence-electron chi connectivity index (χ2n) is 10.8. The molecule has 2 unspecified atom stereocenters. The van der Waals surface area contributed by atoms with E-state index in [0.29, 0.717) is 17.6 Å². The van der Waals surface area contributed by atoms with Crippen LogP contribution in [0.5, 0.6) is 0 Å². The van der Waals surface area contributed by atoms with E-state index in [0.717, 1.165) is 44.1 Å². The number of carbonyl (C=O) groups is 1. The quantitative estimate of drug-likeness (QED) is 0.253. The van der Waals surface area contributed by atoms with E-state index in [1.165, 1.54) is 42.4 Å². The molecule has 0 aromatic heterocycles. The Bertz CT molecular complexity index is 645. The number of allylic oxidation sites excluding steroid dienone is 8. The van der Waals surface area contributed by atoms with Crippen molar-refractivity contribution in [1.82, 2.24) is 0 Å². The van der Waals surface area contributed by atoms with Gasteiger partial charge in [-0.25, -0.2) is 0 Å². The van der Waals surface area contributed by atoms with Crippen molar-refractivity contribution in [2.45, 2.75) is 120 Å². The van der Waals surface area contributed by atoms with Crippen LogP contribution in [0.2, 0.25) is 0 Å². The van der Waals surface area contributed by atoms with E-state index >= 15 is 0 Å². The average molecular weight is 427 g/mol. The summed E-state index contributed by atoms with van der Waals surface area (Å²) >= 11 is 0. The lowest BCUT2D eigenvalue weighted by Gasteiger charge is -2.31. The average Bonchev–Trinajstić information content (AvgIpc) is 2.92. The van der Waals surface area contributed by atoms with Crippen LogP contribution in [0.4, 0.5) is 0 Å². The third kappa shape index (κ3) is 9.75. The summed E-state index contributed by atoms with van der Waals surface area (Å²) in [5.74, 6) is 1.82. The Morgan fingerprint density at radius 3 is 1.81 bits per heavy atom. The predicted molar refractivity (Wildman–Crippen MR) is 138 cm³/mol. The van der Waals surface area contributed by atoms with Crippen molar-refractivity contribution in [2.24, 2.45) is 17.3 Å². The van der Waals surface area contributed by atoms with Crippen molar-refractivity contribution in [3.05, 3.63) is 46.6 Å². The topological polar surface area (TPSA) is 17.1 Å². The SMILES string of the molecule is C/C=C\CC1=C(C)CC(CCC(C)CCC=C(C)C)(CCC(C)CCC=C(C)C)C1=O. The van der Waals surface area contributed by atoms with Gasteiger partial charge in [0.25, 0.3) is 0 Å². The smallest absolute Gasteiger partial charge is 0.165 e. The van der Waals surface area contributed by atoms with Gasteiger partial charge in [0.2, 0.25) is 0 Å². The lowest BCUT2D eigenvalue weighted by Crippen LogP contribution is -2.29. The van der Waals surface area contributed by atoms with E-state index in [2.05, 4.69) is 72.8 Å². The van der Waals surface area contributed by atoms with Gasteiger partial charge in [-0.1, -0.05) is 54.9 Å². The predicted octanol–water partition coefficient (Wildman–Crippen LogP) is 9.55. The Labute approximate surface area is 194 Å².